The zero-order valence-corrected chi connectivity index (χ0v) is 12.0. The van der Waals surface area contributed by atoms with Crippen molar-refractivity contribution in [1.29, 1.82) is 0 Å². The number of hydrogen-bond donors (Lipinski definition) is 4. The van der Waals surface area contributed by atoms with E-state index >= 15 is 0 Å². The van der Waals surface area contributed by atoms with Crippen molar-refractivity contribution in [3.8, 4) is 0 Å². The van der Waals surface area contributed by atoms with Crippen molar-refractivity contribution in [2.24, 2.45) is 11.8 Å². The van der Waals surface area contributed by atoms with Gasteiger partial charge < -0.3 is 15.8 Å². The molecule has 19 heavy (non-hydrogen) atoms. The topological polar surface area (TPSA) is 96.1 Å². The van der Waals surface area contributed by atoms with E-state index in [1.54, 1.807) is 0 Å². The first-order valence-electron chi connectivity index (χ1n) is 6.85. The van der Waals surface area contributed by atoms with Gasteiger partial charge in [-0.3, -0.25) is 0 Å². The highest BCUT2D eigenvalue weighted by Gasteiger charge is 2.11. The van der Waals surface area contributed by atoms with Gasteiger partial charge in [0.25, 0.3) is 0 Å². The number of aromatic nitrogens is 2. The van der Waals surface area contributed by atoms with Crippen LogP contribution in [-0.4, -0.2) is 28.2 Å². The Kier molecular flexibility index (Phi) is 6.52. The van der Waals surface area contributed by atoms with E-state index in [1.807, 2.05) is 13.8 Å². The molecule has 6 nitrogen and oxygen atoms in total. The van der Waals surface area contributed by atoms with Gasteiger partial charge >= 0.3 is 0 Å². The minimum atomic E-state index is 0.221. The number of aliphatic hydroxyl groups is 1. The second-order valence-electron chi connectivity index (χ2n) is 4.63. The Balaban J connectivity index is 2.81. The van der Waals surface area contributed by atoms with Crippen LogP contribution in [0.1, 0.15) is 38.1 Å². The number of rotatable bonds is 8. The number of nitrogens with two attached hydrogens (primary N) is 1. The van der Waals surface area contributed by atoms with Crippen LogP contribution in [-0.2, 0) is 6.42 Å². The highest BCUT2D eigenvalue weighted by atomic mass is 16.3. The Bertz CT molecular complexity index is 397. The lowest BCUT2D eigenvalue weighted by atomic mass is 10.0. The summed E-state index contributed by atoms with van der Waals surface area (Å²) in [6, 6.07) is 0. The van der Waals surface area contributed by atoms with Gasteiger partial charge in [0, 0.05) is 25.1 Å². The summed E-state index contributed by atoms with van der Waals surface area (Å²) in [5.41, 5.74) is 3.52. The first-order valence-corrected chi connectivity index (χ1v) is 6.85. The lowest BCUT2D eigenvalue weighted by Gasteiger charge is -2.17. The molecule has 0 spiro atoms. The summed E-state index contributed by atoms with van der Waals surface area (Å²) in [6.07, 6.45) is 2.59. The Labute approximate surface area is 114 Å². The monoisotopic (exact) mass is 267 g/mol. The molecule has 0 saturated carbocycles. The van der Waals surface area contributed by atoms with Gasteiger partial charge in [0.05, 0.1) is 0 Å². The molecule has 1 heterocycles. The lowest BCUT2D eigenvalue weighted by Crippen LogP contribution is -2.19. The maximum absolute atomic E-state index is 9.00. The zero-order valence-electron chi connectivity index (χ0n) is 12.0. The minimum Gasteiger partial charge on any atom is -0.396 e. The summed E-state index contributed by atoms with van der Waals surface area (Å²) < 4.78 is 0. The molecule has 0 radical (unpaired) electrons. The van der Waals surface area contributed by atoms with E-state index in [0.717, 1.165) is 43.0 Å². The third kappa shape index (κ3) is 4.33. The van der Waals surface area contributed by atoms with Crippen molar-refractivity contribution < 1.29 is 5.11 Å². The molecular formula is C13H25N5O. The molecule has 5 N–H and O–H groups in total. The highest BCUT2D eigenvalue weighted by Crippen LogP contribution is 2.20. The molecule has 0 fully saturated rings. The Morgan fingerprint density at radius 1 is 1.26 bits per heavy atom. The number of nitrogens with zero attached hydrogens (tertiary/aromatic N) is 2. The molecule has 0 amide bonds. The number of nitrogen functional groups attached to an aromatic ring is 1. The predicted molar refractivity (Wildman–Crippen MR) is 77.9 cm³/mol. The second-order valence-corrected chi connectivity index (χ2v) is 4.63. The average Bonchev–Trinajstić information content (AvgIpc) is 2.44. The summed E-state index contributed by atoms with van der Waals surface area (Å²) in [6.45, 7) is 7.08. The van der Waals surface area contributed by atoms with E-state index in [2.05, 4.69) is 27.6 Å². The molecule has 1 unspecified atom stereocenters. The smallest absolute Gasteiger partial charge is 0.148 e. The van der Waals surface area contributed by atoms with Crippen LogP contribution < -0.4 is 16.6 Å². The van der Waals surface area contributed by atoms with Crippen LogP contribution in [0.5, 0.6) is 0 Å². The quantitative estimate of drug-likeness (QED) is 0.420. The van der Waals surface area contributed by atoms with Gasteiger partial charge in [-0.15, -0.1) is 0 Å². The SMILES string of the molecule is CCc1nc(NN)c(C)c(NCC(CC)CCO)n1. The fraction of sp³-hybridized carbons (Fsp3) is 0.692. The summed E-state index contributed by atoms with van der Waals surface area (Å²) in [4.78, 5) is 8.81. The van der Waals surface area contributed by atoms with Gasteiger partial charge in [-0.1, -0.05) is 20.3 Å². The molecule has 108 valence electrons. The van der Waals surface area contributed by atoms with E-state index in [-0.39, 0.29) is 6.61 Å². The van der Waals surface area contributed by atoms with Crippen LogP contribution in [0.2, 0.25) is 0 Å². The van der Waals surface area contributed by atoms with Crippen molar-refractivity contribution in [1.82, 2.24) is 9.97 Å². The largest absolute Gasteiger partial charge is 0.396 e. The summed E-state index contributed by atoms with van der Waals surface area (Å²) in [5.74, 6) is 8.15. The maximum Gasteiger partial charge on any atom is 0.148 e. The van der Waals surface area contributed by atoms with Crippen LogP contribution >= 0.6 is 0 Å². The standard InChI is InChI=1S/C13H25N5O/c1-4-10(6-7-19)8-15-12-9(3)13(18-14)17-11(5-2)16-12/h10,19H,4-8,14H2,1-3H3,(H2,15,16,17,18). The van der Waals surface area contributed by atoms with Crippen molar-refractivity contribution in [2.75, 3.05) is 23.9 Å². The fourth-order valence-corrected chi connectivity index (χ4v) is 1.91. The molecule has 0 aromatic carbocycles. The molecular weight excluding hydrogens is 242 g/mol. The third-order valence-electron chi connectivity index (χ3n) is 3.32. The molecule has 0 aliphatic rings. The van der Waals surface area contributed by atoms with Gasteiger partial charge in [-0.25, -0.2) is 15.8 Å². The van der Waals surface area contributed by atoms with E-state index in [4.69, 9.17) is 10.9 Å². The number of hydrazine groups is 1. The average molecular weight is 267 g/mol. The Morgan fingerprint density at radius 2 is 1.95 bits per heavy atom. The van der Waals surface area contributed by atoms with Crippen LogP contribution in [0, 0.1) is 12.8 Å². The fourth-order valence-electron chi connectivity index (χ4n) is 1.91. The van der Waals surface area contributed by atoms with E-state index in [1.165, 1.54) is 0 Å². The van der Waals surface area contributed by atoms with Crippen LogP contribution in [0.25, 0.3) is 0 Å². The van der Waals surface area contributed by atoms with Gasteiger partial charge in [0.1, 0.15) is 17.5 Å². The Morgan fingerprint density at radius 3 is 2.47 bits per heavy atom. The predicted octanol–water partition coefficient (Wildman–Crippen LogP) is 1.45. The van der Waals surface area contributed by atoms with Gasteiger partial charge in [0.15, 0.2) is 0 Å². The first kappa shape index (κ1) is 15.7. The van der Waals surface area contributed by atoms with Crippen molar-refractivity contribution in [3.63, 3.8) is 0 Å². The van der Waals surface area contributed by atoms with Crippen molar-refractivity contribution in [3.05, 3.63) is 11.4 Å². The van der Waals surface area contributed by atoms with Crippen LogP contribution in [0.4, 0.5) is 11.6 Å². The van der Waals surface area contributed by atoms with Gasteiger partial charge in [-0.2, -0.15) is 0 Å². The lowest BCUT2D eigenvalue weighted by molar-refractivity contribution is 0.258. The Hall–Kier alpha value is -1.40. The van der Waals surface area contributed by atoms with Crippen LogP contribution in [0.3, 0.4) is 0 Å². The maximum atomic E-state index is 9.00. The molecule has 1 aromatic rings. The van der Waals surface area contributed by atoms with Crippen molar-refractivity contribution >= 4 is 11.6 Å². The van der Waals surface area contributed by atoms with Gasteiger partial charge in [-0.05, 0) is 19.3 Å². The van der Waals surface area contributed by atoms with E-state index in [9.17, 15) is 0 Å². The molecule has 0 saturated heterocycles. The molecule has 6 heteroatoms. The molecule has 1 aromatic heterocycles. The number of aliphatic hydroxyl groups excluding tert-OH is 1. The molecule has 0 aliphatic carbocycles. The minimum absolute atomic E-state index is 0.221. The normalized spacial score (nSPS) is 12.3. The summed E-state index contributed by atoms with van der Waals surface area (Å²) in [5, 5.41) is 12.3. The number of nitrogens with one attached hydrogen (secondary N) is 2. The highest BCUT2D eigenvalue weighted by molar-refractivity contribution is 5.56. The number of aryl methyl sites for hydroxylation is 1. The summed E-state index contributed by atoms with van der Waals surface area (Å²) >= 11 is 0. The van der Waals surface area contributed by atoms with Crippen molar-refractivity contribution in [2.45, 2.75) is 40.0 Å². The molecule has 0 bridgehead atoms. The summed E-state index contributed by atoms with van der Waals surface area (Å²) in [7, 11) is 0. The van der Waals surface area contributed by atoms with E-state index in [0.29, 0.717) is 11.7 Å². The van der Waals surface area contributed by atoms with Gasteiger partial charge in [0.2, 0.25) is 0 Å². The van der Waals surface area contributed by atoms with Crippen LogP contribution in [0.15, 0.2) is 0 Å². The number of hydrogen-bond acceptors (Lipinski definition) is 6. The first-order chi connectivity index (χ1) is 9.15. The molecule has 1 atom stereocenters. The second kappa shape index (κ2) is 7.91. The zero-order chi connectivity index (χ0) is 14.3. The molecule has 1 rings (SSSR count). The number of anilines is 2. The van der Waals surface area contributed by atoms with E-state index < -0.39 is 0 Å². The third-order valence-corrected chi connectivity index (χ3v) is 3.32. The molecule has 0 aliphatic heterocycles.